The average Bonchev–Trinajstić information content (AvgIpc) is 2.59. The summed E-state index contributed by atoms with van der Waals surface area (Å²) in [4.78, 5) is 14.3. The summed E-state index contributed by atoms with van der Waals surface area (Å²) in [6, 6.07) is 15.4. The first-order valence-corrected chi connectivity index (χ1v) is 7.93. The Labute approximate surface area is 143 Å². The number of rotatable bonds is 8. The van der Waals surface area contributed by atoms with Crippen molar-refractivity contribution in [3.8, 4) is 5.75 Å². The van der Waals surface area contributed by atoms with Crippen molar-refractivity contribution < 1.29 is 9.53 Å². The van der Waals surface area contributed by atoms with Gasteiger partial charge in [-0.3, -0.25) is 4.79 Å². The predicted molar refractivity (Wildman–Crippen MR) is 97.1 cm³/mol. The number of carbonyl (C=O) groups is 1. The summed E-state index contributed by atoms with van der Waals surface area (Å²) < 4.78 is 5.40. The van der Waals surface area contributed by atoms with E-state index in [-0.39, 0.29) is 5.91 Å². The zero-order valence-electron chi connectivity index (χ0n) is 14.3. The van der Waals surface area contributed by atoms with E-state index < -0.39 is 0 Å². The van der Waals surface area contributed by atoms with Crippen LogP contribution in [0.1, 0.15) is 21.5 Å². The van der Waals surface area contributed by atoms with Crippen molar-refractivity contribution in [1.29, 1.82) is 0 Å². The first-order chi connectivity index (χ1) is 11.6. The van der Waals surface area contributed by atoms with Crippen LogP contribution in [0.4, 0.5) is 0 Å². The van der Waals surface area contributed by atoms with Gasteiger partial charge in [-0.15, -0.1) is 0 Å². The van der Waals surface area contributed by atoms with Gasteiger partial charge >= 0.3 is 0 Å². The van der Waals surface area contributed by atoms with E-state index >= 15 is 0 Å². The Morgan fingerprint density at radius 1 is 1.08 bits per heavy atom. The Kier molecular flexibility index (Phi) is 6.58. The van der Waals surface area contributed by atoms with Gasteiger partial charge in [-0.05, 0) is 49.5 Å². The SMILES string of the molecule is C=CCOc1ccc(C(=O)NCc2ccc(CN(C)C)cc2)cc1. The van der Waals surface area contributed by atoms with Crippen LogP contribution >= 0.6 is 0 Å². The van der Waals surface area contributed by atoms with Crippen LogP contribution in [0.15, 0.2) is 61.2 Å². The number of amides is 1. The molecular weight excluding hydrogens is 300 g/mol. The molecule has 2 rings (SSSR count). The van der Waals surface area contributed by atoms with Crippen LogP contribution in [0.25, 0.3) is 0 Å². The van der Waals surface area contributed by atoms with E-state index in [4.69, 9.17) is 4.74 Å². The third-order valence-electron chi connectivity index (χ3n) is 3.46. The van der Waals surface area contributed by atoms with Crippen molar-refractivity contribution in [2.75, 3.05) is 20.7 Å². The number of carbonyl (C=O) groups excluding carboxylic acids is 1. The topological polar surface area (TPSA) is 41.6 Å². The molecule has 0 atom stereocenters. The van der Waals surface area contributed by atoms with Gasteiger partial charge in [0.1, 0.15) is 12.4 Å². The highest BCUT2D eigenvalue weighted by Crippen LogP contribution is 2.12. The molecule has 0 saturated carbocycles. The molecule has 0 spiro atoms. The van der Waals surface area contributed by atoms with Gasteiger partial charge in [-0.25, -0.2) is 0 Å². The fourth-order valence-electron chi connectivity index (χ4n) is 2.27. The Bertz CT molecular complexity index is 661. The number of nitrogens with zero attached hydrogens (tertiary/aromatic N) is 1. The molecule has 1 amide bonds. The number of hydrogen-bond donors (Lipinski definition) is 1. The van der Waals surface area contributed by atoms with E-state index in [1.807, 2.05) is 26.2 Å². The van der Waals surface area contributed by atoms with Crippen molar-refractivity contribution in [3.05, 3.63) is 77.9 Å². The largest absolute Gasteiger partial charge is 0.490 e. The smallest absolute Gasteiger partial charge is 0.251 e. The maximum Gasteiger partial charge on any atom is 0.251 e. The summed E-state index contributed by atoms with van der Waals surface area (Å²) in [5.74, 6) is 0.630. The molecule has 0 aliphatic rings. The molecule has 0 heterocycles. The van der Waals surface area contributed by atoms with Crippen LogP contribution in [-0.2, 0) is 13.1 Å². The van der Waals surface area contributed by atoms with Crippen LogP contribution in [-0.4, -0.2) is 31.5 Å². The van der Waals surface area contributed by atoms with Gasteiger partial charge in [-0.2, -0.15) is 0 Å². The number of hydrogen-bond acceptors (Lipinski definition) is 3. The normalized spacial score (nSPS) is 10.5. The second-order valence-electron chi connectivity index (χ2n) is 5.86. The summed E-state index contributed by atoms with van der Waals surface area (Å²) in [6.07, 6.45) is 1.68. The van der Waals surface area contributed by atoms with Gasteiger partial charge in [-0.1, -0.05) is 36.9 Å². The van der Waals surface area contributed by atoms with Gasteiger partial charge in [0.05, 0.1) is 0 Å². The highest BCUT2D eigenvalue weighted by atomic mass is 16.5. The molecule has 4 heteroatoms. The van der Waals surface area contributed by atoms with Gasteiger partial charge in [0, 0.05) is 18.7 Å². The predicted octanol–water partition coefficient (Wildman–Crippen LogP) is 3.24. The molecule has 24 heavy (non-hydrogen) atoms. The maximum absolute atomic E-state index is 12.2. The minimum absolute atomic E-state index is 0.0948. The molecule has 0 aromatic heterocycles. The highest BCUT2D eigenvalue weighted by Gasteiger charge is 2.05. The Morgan fingerprint density at radius 2 is 1.71 bits per heavy atom. The minimum Gasteiger partial charge on any atom is -0.490 e. The minimum atomic E-state index is -0.0948. The lowest BCUT2D eigenvalue weighted by Gasteiger charge is -2.10. The zero-order valence-corrected chi connectivity index (χ0v) is 14.3. The molecule has 4 nitrogen and oxygen atoms in total. The van der Waals surface area contributed by atoms with E-state index in [1.54, 1.807) is 30.3 Å². The fraction of sp³-hybridized carbons (Fsp3) is 0.250. The monoisotopic (exact) mass is 324 g/mol. The Balaban J connectivity index is 1.87. The average molecular weight is 324 g/mol. The summed E-state index contributed by atoms with van der Waals surface area (Å²) in [6.45, 7) is 5.48. The first kappa shape index (κ1) is 17.8. The second-order valence-corrected chi connectivity index (χ2v) is 5.86. The van der Waals surface area contributed by atoms with E-state index in [2.05, 4.69) is 28.9 Å². The molecule has 0 bridgehead atoms. The molecule has 1 N–H and O–H groups in total. The summed E-state index contributed by atoms with van der Waals surface area (Å²) in [7, 11) is 4.09. The fourth-order valence-corrected chi connectivity index (χ4v) is 2.27. The summed E-state index contributed by atoms with van der Waals surface area (Å²) in [5.41, 5.74) is 2.95. The quantitative estimate of drug-likeness (QED) is 0.758. The molecule has 126 valence electrons. The van der Waals surface area contributed by atoms with Crippen molar-refractivity contribution in [3.63, 3.8) is 0 Å². The van der Waals surface area contributed by atoms with Gasteiger partial charge in [0.2, 0.25) is 0 Å². The summed E-state index contributed by atoms with van der Waals surface area (Å²) >= 11 is 0. The van der Waals surface area contributed by atoms with E-state index in [0.717, 1.165) is 17.9 Å². The summed E-state index contributed by atoms with van der Waals surface area (Å²) in [5, 5.41) is 2.93. The van der Waals surface area contributed by atoms with Gasteiger partial charge in [0.25, 0.3) is 5.91 Å². The number of nitrogens with one attached hydrogen (secondary N) is 1. The lowest BCUT2D eigenvalue weighted by molar-refractivity contribution is 0.0951. The molecule has 0 radical (unpaired) electrons. The van der Waals surface area contributed by atoms with Crippen LogP contribution in [0.5, 0.6) is 5.75 Å². The van der Waals surface area contributed by atoms with E-state index in [9.17, 15) is 4.79 Å². The Hall–Kier alpha value is -2.59. The van der Waals surface area contributed by atoms with Crippen molar-refractivity contribution in [2.45, 2.75) is 13.1 Å². The van der Waals surface area contributed by atoms with Crippen LogP contribution in [0, 0.1) is 0 Å². The van der Waals surface area contributed by atoms with Crippen LogP contribution in [0.2, 0.25) is 0 Å². The Morgan fingerprint density at radius 3 is 2.29 bits per heavy atom. The van der Waals surface area contributed by atoms with Crippen molar-refractivity contribution in [2.24, 2.45) is 0 Å². The molecule has 0 aliphatic carbocycles. The molecule has 2 aromatic carbocycles. The van der Waals surface area contributed by atoms with E-state index in [0.29, 0.717) is 18.7 Å². The molecule has 0 fully saturated rings. The lowest BCUT2D eigenvalue weighted by Crippen LogP contribution is -2.22. The number of benzene rings is 2. The molecule has 0 unspecified atom stereocenters. The van der Waals surface area contributed by atoms with Crippen LogP contribution < -0.4 is 10.1 Å². The molecule has 0 aliphatic heterocycles. The maximum atomic E-state index is 12.2. The molecule has 2 aromatic rings. The van der Waals surface area contributed by atoms with Gasteiger partial charge < -0.3 is 15.0 Å². The third-order valence-corrected chi connectivity index (χ3v) is 3.46. The standard InChI is InChI=1S/C20H24N2O2/c1-4-13-24-19-11-9-18(10-12-19)20(23)21-14-16-5-7-17(8-6-16)15-22(2)3/h4-12H,1,13-15H2,2-3H3,(H,21,23). The molecular formula is C20H24N2O2. The third kappa shape index (κ3) is 5.56. The zero-order chi connectivity index (χ0) is 17.4. The molecule has 0 saturated heterocycles. The van der Waals surface area contributed by atoms with Gasteiger partial charge in [0.15, 0.2) is 0 Å². The first-order valence-electron chi connectivity index (χ1n) is 7.93. The highest BCUT2D eigenvalue weighted by molar-refractivity contribution is 5.94. The van der Waals surface area contributed by atoms with E-state index in [1.165, 1.54) is 5.56 Å². The van der Waals surface area contributed by atoms with Crippen LogP contribution in [0.3, 0.4) is 0 Å². The lowest BCUT2D eigenvalue weighted by atomic mass is 10.1. The number of ether oxygens (including phenoxy) is 1. The second kappa shape index (κ2) is 8.89. The van der Waals surface area contributed by atoms with Crippen molar-refractivity contribution in [1.82, 2.24) is 10.2 Å². The van der Waals surface area contributed by atoms with Crippen molar-refractivity contribution >= 4 is 5.91 Å².